The molecule has 1 heterocycles. The summed E-state index contributed by atoms with van der Waals surface area (Å²) in [6.45, 7) is 2.02. The molecule has 0 saturated heterocycles. The molecule has 0 fully saturated rings. The van der Waals surface area contributed by atoms with Gasteiger partial charge in [0.2, 0.25) is 0 Å². The molecule has 1 aliphatic rings. The summed E-state index contributed by atoms with van der Waals surface area (Å²) < 4.78 is 5.41. The molecule has 13 heavy (non-hydrogen) atoms. The second-order valence-electron chi connectivity index (χ2n) is 3.20. The zero-order valence-electron chi connectivity index (χ0n) is 7.41. The first-order valence-corrected chi connectivity index (χ1v) is 4.72. The topological polar surface area (TPSA) is 21.3 Å². The minimum Gasteiger partial charge on any atom is -0.467 e. The molecular formula is C10H11NOS. The fourth-order valence-corrected chi connectivity index (χ4v) is 1.77. The number of thiocarbonyl (C=S) groups is 1. The van der Waals surface area contributed by atoms with Gasteiger partial charge in [0.1, 0.15) is 6.10 Å². The van der Waals surface area contributed by atoms with E-state index in [-0.39, 0.29) is 6.10 Å². The third kappa shape index (κ3) is 1.80. The van der Waals surface area contributed by atoms with E-state index < -0.39 is 0 Å². The lowest BCUT2D eigenvalue weighted by Crippen LogP contribution is -2.16. The van der Waals surface area contributed by atoms with Gasteiger partial charge in [-0.3, -0.25) is 0 Å². The van der Waals surface area contributed by atoms with Crippen molar-refractivity contribution in [2.45, 2.75) is 19.4 Å². The predicted octanol–water partition coefficient (Wildman–Crippen LogP) is 2.34. The Morgan fingerprint density at radius 2 is 2.23 bits per heavy atom. The number of para-hydroxylation sites is 1. The maximum absolute atomic E-state index is 5.41. The summed E-state index contributed by atoms with van der Waals surface area (Å²) in [5.41, 5.74) is 2.33. The Morgan fingerprint density at radius 3 is 3.08 bits per heavy atom. The normalized spacial score (nSPS) is 21.0. The van der Waals surface area contributed by atoms with Gasteiger partial charge in [-0.15, -0.1) is 0 Å². The van der Waals surface area contributed by atoms with E-state index in [0.717, 1.165) is 12.1 Å². The zero-order chi connectivity index (χ0) is 9.26. The summed E-state index contributed by atoms with van der Waals surface area (Å²) >= 11 is 5.01. The van der Waals surface area contributed by atoms with E-state index in [2.05, 4.69) is 11.4 Å². The highest BCUT2D eigenvalue weighted by Crippen LogP contribution is 2.21. The molecule has 3 heteroatoms. The molecule has 1 aliphatic heterocycles. The number of rotatable bonds is 0. The first kappa shape index (κ1) is 8.51. The van der Waals surface area contributed by atoms with Crippen LogP contribution in [0.4, 0.5) is 5.69 Å². The molecule has 1 N–H and O–H groups in total. The van der Waals surface area contributed by atoms with Gasteiger partial charge in [-0.25, -0.2) is 0 Å². The summed E-state index contributed by atoms with van der Waals surface area (Å²) in [5, 5.41) is 3.53. The van der Waals surface area contributed by atoms with Crippen molar-refractivity contribution in [2.24, 2.45) is 0 Å². The molecule has 0 spiro atoms. The molecule has 0 bridgehead atoms. The fraction of sp³-hybridized carbons (Fsp3) is 0.300. The number of ether oxygens (including phenoxy) is 1. The van der Waals surface area contributed by atoms with Gasteiger partial charge in [0, 0.05) is 12.1 Å². The van der Waals surface area contributed by atoms with Gasteiger partial charge < -0.3 is 10.1 Å². The lowest BCUT2D eigenvalue weighted by atomic mass is 10.1. The van der Waals surface area contributed by atoms with Crippen LogP contribution < -0.4 is 5.32 Å². The zero-order valence-corrected chi connectivity index (χ0v) is 8.23. The Morgan fingerprint density at radius 1 is 1.46 bits per heavy atom. The van der Waals surface area contributed by atoms with E-state index in [4.69, 9.17) is 17.0 Å². The quantitative estimate of drug-likeness (QED) is 0.639. The van der Waals surface area contributed by atoms with Crippen LogP contribution in [0.5, 0.6) is 0 Å². The largest absolute Gasteiger partial charge is 0.467 e. The standard InChI is InChI=1S/C10H11NOS/c1-7-6-8-4-2-3-5-9(8)11-10(13)12-7/h2-5,7H,6H2,1H3,(H,11,13). The van der Waals surface area contributed by atoms with Gasteiger partial charge in [0.25, 0.3) is 5.17 Å². The second-order valence-corrected chi connectivity index (χ2v) is 3.57. The third-order valence-electron chi connectivity index (χ3n) is 2.07. The molecule has 2 nitrogen and oxygen atoms in total. The summed E-state index contributed by atoms with van der Waals surface area (Å²) in [5.74, 6) is 0. The average Bonchev–Trinajstić information content (AvgIpc) is 2.20. The molecule has 1 atom stereocenters. The molecular weight excluding hydrogens is 182 g/mol. The van der Waals surface area contributed by atoms with Crippen LogP contribution in [-0.2, 0) is 11.2 Å². The molecule has 1 aromatic carbocycles. The third-order valence-corrected chi connectivity index (χ3v) is 2.27. The van der Waals surface area contributed by atoms with Crippen LogP contribution in [0.3, 0.4) is 0 Å². The lowest BCUT2D eigenvalue weighted by Gasteiger charge is -2.09. The number of nitrogens with one attached hydrogen (secondary N) is 1. The first-order chi connectivity index (χ1) is 6.25. The fourth-order valence-electron chi connectivity index (χ4n) is 1.49. The van der Waals surface area contributed by atoms with Crippen molar-refractivity contribution >= 4 is 23.1 Å². The number of hydrogen-bond donors (Lipinski definition) is 1. The highest BCUT2D eigenvalue weighted by molar-refractivity contribution is 7.80. The Balaban J connectivity index is 2.38. The van der Waals surface area contributed by atoms with Gasteiger partial charge in [-0.1, -0.05) is 18.2 Å². The van der Waals surface area contributed by atoms with Crippen molar-refractivity contribution in [1.29, 1.82) is 0 Å². The molecule has 0 radical (unpaired) electrons. The molecule has 2 rings (SSSR count). The SMILES string of the molecule is CC1Cc2ccccc2NC(=S)O1. The minimum absolute atomic E-state index is 0.156. The van der Waals surface area contributed by atoms with E-state index in [1.54, 1.807) is 0 Å². The van der Waals surface area contributed by atoms with Crippen LogP contribution >= 0.6 is 12.2 Å². The Hall–Kier alpha value is -1.09. The summed E-state index contributed by atoms with van der Waals surface area (Å²) in [4.78, 5) is 0. The maximum atomic E-state index is 5.41. The summed E-state index contributed by atoms with van der Waals surface area (Å²) in [6, 6.07) is 8.13. The molecule has 68 valence electrons. The van der Waals surface area contributed by atoms with E-state index in [0.29, 0.717) is 5.17 Å². The number of hydrogen-bond acceptors (Lipinski definition) is 2. The summed E-state index contributed by atoms with van der Waals surface area (Å²) in [6.07, 6.45) is 1.06. The van der Waals surface area contributed by atoms with Gasteiger partial charge >= 0.3 is 0 Å². The molecule has 1 unspecified atom stereocenters. The van der Waals surface area contributed by atoms with Gasteiger partial charge in [-0.2, -0.15) is 0 Å². The number of anilines is 1. The van der Waals surface area contributed by atoms with Crippen molar-refractivity contribution in [3.8, 4) is 0 Å². The van der Waals surface area contributed by atoms with Crippen molar-refractivity contribution in [1.82, 2.24) is 0 Å². The van der Waals surface area contributed by atoms with Crippen molar-refractivity contribution in [3.63, 3.8) is 0 Å². The van der Waals surface area contributed by atoms with Crippen LogP contribution in [0, 0.1) is 0 Å². The van der Waals surface area contributed by atoms with Crippen LogP contribution in [0.15, 0.2) is 24.3 Å². The van der Waals surface area contributed by atoms with Crippen molar-refractivity contribution < 1.29 is 4.74 Å². The van der Waals surface area contributed by atoms with Gasteiger partial charge in [-0.05, 0) is 30.8 Å². The predicted molar refractivity (Wildman–Crippen MR) is 56.9 cm³/mol. The lowest BCUT2D eigenvalue weighted by molar-refractivity contribution is 0.217. The summed E-state index contributed by atoms with van der Waals surface area (Å²) in [7, 11) is 0. The second kappa shape index (κ2) is 3.34. The number of fused-ring (bicyclic) bond motifs is 1. The van der Waals surface area contributed by atoms with Crippen LogP contribution in [0.2, 0.25) is 0 Å². The molecule has 0 aromatic heterocycles. The van der Waals surface area contributed by atoms with E-state index in [9.17, 15) is 0 Å². The smallest absolute Gasteiger partial charge is 0.261 e. The molecule has 1 aromatic rings. The molecule has 0 amide bonds. The van der Waals surface area contributed by atoms with E-state index >= 15 is 0 Å². The Labute approximate surface area is 82.9 Å². The van der Waals surface area contributed by atoms with Crippen LogP contribution in [-0.4, -0.2) is 11.3 Å². The highest BCUT2D eigenvalue weighted by Gasteiger charge is 2.15. The van der Waals surface area contributed by atoms with Gasteiger partial charge in [0.05, 0.1) is 0 Å². The Kier molecular flexibility index (Phi) is 2.19. The highest BCUT2D eigenvalue weighted by atomic mass is 32.1. The molecule has 0 saturated carbocycles. The van der Waals surface area contributed by atoms with Crippen molar-refractivity contribution in [2.75, 3.05) is 5.32 Å². The van der Waals surface area contributed by atoms with E-state index in [1.807, 2.05) is 25.1 Å². The Bertz CT molecular complexity index is 337. The minimum atomic E-state index is 0.156. The molecule has 0 aliphatic carbocycles. The van der Waals surface area contributed by atoms with Crippen molar-refractivity contribution in [3.05, 3.63) is 29.8 Å². The number of benzene rings is 1. The average molecular weight is 193 g/mol. The van der Waals surface area contributed by atoms with E-state index in [1.165, 1.54) is 5.56 Å². The van der Waals surface area contributed by atoms with Crippen LogP contribution in [0.25, 0.3) is 0 Å². The van der Waals surface area contributed by atoms with Crippen LogP contribution in [0.1, 0.15) is 12.5 Å². The monoisotopic (exact) mass is 193 g/mol. The van der Waals surface area contributed by atoms with Gasteiger partial charge in [0.15, 0.2) is 0 Å². The maximum Gasteiger partial charge on any atom is 0.261 e. The first-order valence-electron chi connectivity index (χ1n) is 4.31.